The summed E-state index contributed by atoms with van der Waals surface area (Å²) in [6.45, 7) is 2.64. The van der Waals surface area contributed by atoms with Crippen LogP contribution in [-0.4, -0.2) is 43.9 Å². The van der Waals surface area contributed by atoms with Crippen LogP contribution in [0.25, 0.3) is 16.5 Å². The third kappa shape index (κ3) is 5.84. The first-order valence-electron chi connectivity index (χ1n) is 11.9. The molecule has 0 radical (unpaired) electrons. The maximum atomic E-state index is 13.1. The van der Waals surface area contributed by atoms with Gasteiger partial charge in [0.1, 0.15) is 5.75 Å². The number of anilines is 1. The van der Waals surface area contributed by atoms with E-state index in [0.29, 0.717) is 28.3 Å². The number of aromatic nitrogens is 4. The lowest BCUT2D eigenvalue weighted by molar-refractivity contribution is -0.113. The van der Waals surface area contributed by atoms with Crippen LogP contribution in [-0.2, 0) is 11.3 Å². The van der Waals surface area contributed by atoms with E-state index in [2.05, 4.69) is 25.8 Å². The first kappa shape index (κ1) is 25.4. The molecule has 2 N–H and O–H groups in total. The van der Waals surface area contributed by atoms with Gasteiger partial charge in [0, 0.05) is 22.8 Å². The zero-order valence-electron chi connectivity index (χ0n) is 20.5. The summed E-state index contributed by atoms with van der Waals surface area (Å²) in [6, 6.07) is 20.9. The molecule has 0 saturated heterocycles. The van der Waals surface area contributed by atoms with Crippen molar-refractivity contribution in [1.29, 1.82) is 0 Å². The fraction of sp³-hybridized carbons (Fsp3) is 0.148. The van der Waals surface area contributed by atoms with Crippen molar-refractivity contribution in [1.82, 2.24) is 25.1 Å². The van der Waals surface area contributed by atoms with Crippen molar-refractivity contribution in [2.45, 2.75) is 18.6 Å². The lowest BCUT2D eigenvalue weighted by Crippen LogP contribution is -2.25. The Morgan fingerprint density at radius 2 is 1.84 bits per heavy atom. The van der Waals surface area contributed by atoms with E-state index in [9.17, 15) is 9.59 Å². The Bertz CT molecular complexity index is 1550. The van der Waals surface area contributed by atoms with Gasteiger partial charge < -0.3 is 15.4 Å². The van der Waals surface area contributed by atoms with Gasteiger partial charge in [-0.15, -0.1) is 21.5 Å². The third-order valence-corrected chi connectivity index (χ3v) is 7.18. The standard InChI is InChI=1S/C27H24N6O3S2/c1-2-36-20-12-10-19(11-13-20)33-23(31-32-27(33)38-17-24(34)30-26-28-14-15-37-26)16-29-25(35)22-9-5-7-18-6-3-4-8-21(18)22/h3-15H,2,16-17H2,1H3,(H,29,35)(H,28,30,34). The monoisotopic (exact) mass is 544 g/mol. The first-order chi connectivity index (χ1) is 18.6. The second-order valence-corrected chi connectivity index (χ2v) is 9.88. The van der Waals surface area contributed by atoms with E-state index < -0.39 is 0 Å². The predicted molar refractivity (Wildman–Crippen MR) is 149 cm³/mol. The summed E-state index contributed by atoms with van der Waals surface area (Å²) >= 11 is 2.60. The van der Waals surface area contributed by atoms with Gasteiger partial charge in [0.15, 0.2) is 16.1 Å². The fourth-order valence-corrected chi connectivity index (χ4v) is 5.19. The van der Waals surface area contributed by atoms with E-state index in [1.54, 1.807) is 17.6 Å². The van der Waals surface area contributed by atoms with Crippen molar-refractivity contribution in [3.05, 3.63) is 89.7 Å². The fourth-order valence-electron chi connectivity index (χ4n) is 3.87. The predicted octanol–water partition coefficient (Wildman–Crippen LogP) is 4.94. The minimum Gasteiger partial charge on any atom is -0.494 e. The van der Waals surface area contributed by atoms with E-state index in [1.165, 1.54) is 23.1 Å². The van der Waals surface area contributed by atoms with Crippen LogP contribution in [0.15, 0.2) is 83.5 Å². The molecule has 2 aromatic heterocycles. The second-order valence-electron chi connectivity index (χ2n) is 8.04. The molecule has 38 heavy (non-hydrogen) atoms. The summed E-state index contributed by atoms with van der Waals surface area (Å²) in [5.41, 5.74) is 1.37. The largest absolute Gasteiger partial charge is 0.494 e. The van der Waals surface area contributed by atoms with Crippen molar-refractivity contribution >= 4 is 50.8 Å². The Balaban J connectivity index is 1.37. The van der Waals surface area contributed by atoms with E-state index in [1.807, 2.05) is 72.2 Å². The molecule has 0 spiro atoms. The van der Waals surface area contributed by atoms with Gasteiger partial charge in [-0.1, -0.05) is 48.2 Å². The highest BCUT2D eigenvalue weighted by Gasteiger charge is 2.18. The number of fused-ring (bicyclic) bond motifs is 1. The lowest BCUT2D eigenvalue weighted by atomic mass is 10.0. The minimum absolute atomic E-state index is 0.122. The van der Waals surface area contributed by atoms with Crippen LogP contribution < -0.4 is 15.4 Å². The Morgan fingerprint density at radius 1 is 1.03 bits per heavy atom. The van der Waals surface area contributed by atoms with Crippen LogP contribution >= 0.6 is 23.1 Å². The highest BCUT2D eigenvalue weighted by atomic mass is 32.2. The van der Waals surface area contributed by atoms with Gasteiger partial charge in [0.25, 0.3) is 5.91 Å². The minimum atomic E-state index is -0.208. The summed E-state index contributed by atoms with van der Waals surface area (Å²) in [5.74, 6) is 0.992. The van der Waals surface area contributed by atoms with Crippen LogP contribution in [0.4, 0.5) is 5.13 Å². The summed E-state index contributed by atoms with van der Waals surface area (Å²) in [7, 11) is 0. The molecule has 3 aromatic carbocycles. The average molecular weight is 545 g/mol. The number of thiazole rings is 1. The number of nitrogens with one attached hydrogen (secondary N) is 2. The summed E-state index contributed by atoms with van der Waals surface area (Å²) in [6.07, 6.45) is 1.63. The number of ether oxygens (including phenoxy) is 1. The van der Waals surface area contributed by atoms with Crippen LogP contribution in [0.1, 0.15) is 23.1 Å². The lowest BCUT2D eigenvalue weighted by Gasteiger charge is -2.12. The molecule has 0 atom stereocenters. The highest BCUT2D eigenvalue weighted by Crippen LogP contribution is 2.25. The SMILES string of the molecule is CCOc1ccc(-n2c(CNC(=O)c3cccc4ccccc34)nnc2SCC(=O)Nc2nccs2)cc1. The Hall–Kier alpha value is -4.22. The van der Waals surface area contributed by atoms with E-state index in [4.69, 9.17) is 4.74 Å². The number of carbonyl (C=O) groups is 2. The summed E-state index contributed by atoms with van der Waals surface area (Å²) < 4.78 is 7.40. The molecule has 0 aliphatic rings. The molecule has 0 fully saturated rings. The normalized spacial score (nSPS) is 10.9. The van der Waals surface area contributed by atoms with Gasteiger partial charge >= 0.3 is 0 Å². The van der Waals surface area contributed by atoms with Gasteiger partial charge in [0.05, 0.1) is 18.9 Å². The van der Waals surface area contributed by atoms with Gasteiger partial charge in [-0.25, -0.2) is 4.98 Å². The number of nitrogens with zero attached hydrogens (tertiary/aromatic N) is 4. The molecular weight excluding hydrogens is 520 g/mol. The molecule has 0 aliphatic heterocycles. The highest BCUT2D eigenvalue weighted by molar-refractivity contribution is 7.99. The number of hydrogen-bond acceptors (Lipinski definition) is 8. The topological polar surface area (TPSA) is 111 Å². The number of benzene rings is 3. The number of amides is 2. The molecule has 11 heteroatoms. The van der Waals surface area contributed by atoms with Gasteiger partial charge in [0.2, 0.25) is 5.91 Å². The molecule has 0 aliphatic carbocycles. The van der Waals surface area contributed by atoms with Gasteiger partial charge in [-0.05, 0) is 48.0 Å². The van der Waals surface area contributed by atoms with Crippen LogP contribution in [0.2, 0.25) is 0 Å². The van der Waals surface area contributed by atoms with Crippen molar-refractivity contribution in [2.24, 2.45) is 0 Å². The van der Waals surface area contributed by atoms with Gasteiger partial charge in [-0.3, -0.25) is 14.2 Å². The Morgan fingerprint density at radius 3 is 2.63 bits per heavy atom. The van der Waals surface area contributed by atoms with Crippen LogP contribution in [0.3, 0.4) is 0 Å². The second kappa shape index (κ2) is 11.9. The molecule has 9 nitrogen and oxygen atoms in total. The van der Waals surface area contributed by atoms with Crippen molar-refractivity contribution in [2.75, 3.05) is 17.7 Å². The molecule has 192 valence electrons. The Kier molecular flexibility index (Phi) is 7.95. The van der Waals surface area contributed by atoms with Crippen LogP contribution in [0, 0.1) is 0 Å². The molecule has 0 saturated carbocycles. The van der Waals surface area contributed by atoms with Crippen molar-refractivity contribution < 1.29 is 14.3 Å². The summed E-state index contributed by atoms with van der Waals surface area (Å²) in [4.78, 5) is 29.6. The number of hydrogen-bond donors (Lipinski definition) is 2. The van der Waals surface area contributed by atoms with E-state index >= 15 is 0 Å². The van der Waals surface area contributed by atoms with Gasteiger partial charge in [-0.2, -0.15) is 0 Å². The molecule has 0 unspecified atom stereocenters. The maximum Gasteiger partial charge on any atom is 0.252 e. The summed E-state index contributed by atoms with van der Waals surface area (Å²) in [5, 5.41) is 19.1. The average Bonchev–Trinajstić information content (AvgIpc) is 3.60. The van der Waals surface area contributed by atoms with Crippen molar-refractivity contribution in [3.8, 4) is 11.4 Å². The zero-order chi connectivity index (χ0) is 26.3. The molecular formula is C27H24N6O3S2. The van der Waals surface area contributed by atoms with E-state index in [-0.39, 0.29) is 24.1 Å². The number of thioether (sulfide) groups is 1. The smallest absolute Gasteiger partial charge is 0.252 e. The quantitative estimate of drug-likeness (QED) is 0.240. The van der Waals surface area contributed by atoms with E-state index in [0.717, 1.165) is 22.2 Å². The number of rotatable bonds is 10. The first-order valence-corrected chi connectivity index (χ1v) is 13.7. The number of carbonyl (C=O) groups excluding carboxylic acids is 2. The molecule has 5 aromatic rings. The zero-order valence-corrected chi connectivity index (χ0v) is 22.1. The van der Waals surface area contributed by atoms with Crippen LogP contribution in [0.5, 0.6) is 5.75 Å². The molecule has 0 bridgehead atoms. The van der Waals surface area contributed by atoms with Crippen molar-refractivity contribution in [3.63, 3.8) is 0 Å². The molecule has 2 amide bonds. The molecule has 5 rings (SSSR count). The third-order valence-electron chi connectivity index (χ3n) is 5.56. The molecule has 2 heterocycles. The maximum absolute atomic E-state index is 13.1. The Labute approximate surface area is 227 Å².